The van der Waals surface area contributed by atoms with Gasteiger partial charge >= 0.3 is 0 Å². The fourth-order valence-corrected chi connectivity index (χ4v) is 2.93. The van der Waals surface area contributed by atoms with E-state index in [2.05, 4.69) is 21.2 Å². The summed E-state index contributed by atoms with van der Waals surface area (Å²) in [6.07, 6.45) is 1.31. The molecule has 0 fully saturated rings. The molecule has 21 heavy (non-hydrogen) atoms. The van der Waals surface area contributed by atoms with Gasteiger partial charge in [0.1, 0.15) is 0 Å². The Kier molecular flexibility index (Phi) is 5.73. The number of nitrogens with one attached hydrogen (secondary N) is 1. The van der Waals surface area contributed by atoms with Gasteiger partial charge in [0, 0.05) is 15.5 Å². The average Bonchev–Trinajstić information content (AvgIpc) is 2.44. The highest BCUT2D eigenvalue weighted by Gasteiger charge is 2.12. The van der Waals surface area contributed by atoms with Crippen LogP contribution in [0.1, 0.15) is 11.1 Å². The second-order valence-corrected chi connectivity index (χ2v) is 6.20. The third-order valence-corrected chi connectivity index (χ3v) is 4.20. The van der Waals surface area contributed by atoms with E-state index in [9.17, 15) is 8.78 Å². The van der Waals surface area contributed by atoms with E-state index in [1.54, 1.807) is 6.07 Å². The summed E-state index contributed by atoms with van der Waals surface area (Å²) in [5.74, 6) is -1.64. The molecule has 1 nitrogen and oxygen atoms in total. The molecule has 0 heterocycles. The fourth-order valence-electron chi connectivity index (χ4n) is 2.18. The normalized spacial score (nSPS) is 12.4. The quantitative estimate of drug-likeness (QED) is 0.796. The Morgan fingerprint density at radius 3 is 2.48 bits per heavy atom. The second-order valence-electron chi connectivity index (χ2n) is 4.88. The molecule has 1 atom stereocenters. The van der Waals surface area contributed by atoms with Gasteiger partial charge in [-0.05, 0) is 55.3 Å². The first-order valence-corrected chi connectivity index (χ1v) is 7.72. The molecule has 5 heteroatoms. The highest BCUT2D eigenvalue weighted by atomic mass is 79.9. The Morgan fingerprint density at radius 1 is 1.10 bits per heavy atom. The van der Waals surface area contributed by atoms with Gasteiger partial charge in [-0.2, -0.15) is 0 Å². The highest BCUT2D eigenvalue weighted by molar-refractivity contribution is 9.10. The van der Waals surface area contributed by atoms with Gasteiger partial charge in [0.05, 0.1) is 0 Å². The van der Waals surface area contributed by atoms with Crippen molar-refractivity contribution >= 4 is 27.5 Å². The zero-order valence-corrected chi connectivity index (χ0v) is 13.8. The van der Waals surface area contributed by atoms with E-state index in [-0.39, 0.29) is 6.04 Å². The Labute approximate surface area is 136 Å². The smallest absolute Gasteiger partial charge is 0.159 e. The van der Waals surface area contributed by atoms with Gasteiger partial charge in [-0.25, -0.2) is 8.78 Å². The van der Waals surface area contributed by atoms with Crippen LogP contribution in [0.2, 0.25) is 5.02 Å². The van der Waals surface area contributed by atoms with E-state index in [4.69, 9.17) is 11.6 Å². The van der Waals surface area contributed by atoms with Crippen molar-refractivity contribution in [1.82, 2.24) is 5.32 Å². The molecule has 1 unspecified atom stereocenters. The first-order chi connectivity index (χ1) is 9.99. The molecule has 0 aliphatic heterocycles. The second kappa shape index (κ2) is 7.34. The summed E-state index contributed by atoms with van der Waals surface area (Å²) >= 11 is 9.58. The van der Waals surface area contributed by atoms with Crippen LogP contribution in [0.5, 0.6) is 0 Å². The summed E-state index contributed by atoms with van der Waals surface area (Å²) in [4.78, 5) is 0. The molecular formula is C16H15BrClF2N. The highest BCUT2D eigenvalue weighted by Crippen LogP contribution is 2.23. The van der Waals surface area contributed by atoms with E-state index >= 15 is 0 Å². The SMILES string of the molecule is CNC(Cc1ccc(F)c(F)c1)Cc1ccc(Br)cc1Cl. The van der Waals surface area contributed by atoms with Crippen molar-refractivity contribution < 1.29 is 8.78 Å². The lowest BCUT2D eigenvalue weighted by Crippen LogP contribution is -2.30. The molecule has 0 aromatic heterocycles. The summed E-state index contributed by atoms with van der Waals surface area (Å²) in [7, 11) is 1.84. The summed E-state index contributed by atoms with van der Waals surface area (Å²) in [6, 6.07) is 9.83. The first kappa shape index (κ1) is 16.4. The van der Waals surface area contributed by atoms with E-state index in [0.717, 1.165) is 21.7 Å². The molecule has 1 N–H and O–H groups in total. The number of likely N-dealkylation sites (N-methyl/N-ethyl adjacent to an activating group) is 1. The van der Waals surface area contributed by atoms with Gasteiger partial charge in [-0.3, -0.25) is 0 Å². The molecule has 0 aliphatic carbocycles. The maximum atomic E-state index is 13.2. The number of hydrogen-bond donors (Lipinski definition) is 1. The van der Waals surface area contributed by atoms with Crippen LogP contribution in [0.15, 0.2) is 40.9 Å². The monoisotopic (exact) mass is 373 g/mol. The van der Waals surface area contributed by atoms with Gasteiger partial charge < -0.3 is 5.32 Å². The number of benzene rings is 2. The van der Waals surface area contributed by atoms with E-state index in [1.165, 1.54) is 6.07 Å². The standard InChI is InChI=1S/C16H15BrClF2N/c1-21-13(6-10-2-5-15(19)16(20)7-10)8-11-3-4-12(17)9-14(11)18/h2-5,7,9,13,21H,6,8H2,1H3. The summed E-state index contributed by atoms with van der Waals surface area (Å²) in [6.45, 7) is 0. The maximum absolute atomic E-state index is 13.2. The van der Waals surface area contributed by atoms with Crippen LogP contribution in [0.4, 0.5) is 8.78 Å². The zero-order valence-electron chi connectivity index (χ0n) is 11.5. The van der Waals surface area contributed by atoms with E-state index in [1.807, 2.05) is 25.2 Å². The minimum Gasteiger partial charge on any atom is -0.316 e. The minimum atomic E-state index is -0.823. The molecule has 2 rings (SSSR count). The van der Waals surface area contributed by atoms with Crippen molar-refractivity contribution in [3.63, 3.8) is 0 Å². The average molecular weight is 375 g/mol. The molecule has 0 saturated heterocycles. The molecule has 0 amide bonds. The van der Waals surface area contributed by atoms with Crippen molar-refractivity contribution in [2.75, 3.05) is 7.05 Å². The predicted molar refractivity (Wildman–Crippen MR) is 85.8 cm³/mol. The van der Waals surface area contributed by atoms with Crippen molar-refractivity contribution in [3.8, 4) is 0 Å². The Bertz CT molecular complexity index is 634. The lowest BCUT2D eigenvalue weighted by Gasteiger charge is -2.17. The van der Waals surface area contributed by atoms with Crippen molar-refractivity contribution in [2.24, 2.45) is 0 Å². The molecule has 0 saturated carbocycles. The fraction of sp³-hybridized carbons (Fsp3) is 0.250. The summed E-state index contributed by atoms with van der Waals surface area (Å²) in [5.41, 5.74) is 1.77. The van der Waals surface area contributed by atoms with Crippen molar-refractivity contribution in [1.29, 1.82) is 0 Å². The van der Waals surface area contributed by atoms with Gasteiger partial charge in [0.25, 0.3) is 0 Å². The number of halogens is 4. The molecular weight excluding hydrogens is 360 g/mol. The summed E-state index contributed by atoms with van der Waals surface area (Å²) in [5, 5.41) is 3.88. The van der Waals surface area contributed by atoms with Crippen molar-refractivity contribution in [2.45, 2.75) is 18.9 Å². The van der Waals surface area contributed by atoms with Gasteiger partial charge in [0.2, 0.25) is 0 Å². The molecule has 2 aromatic carbocycles. The lowest BCUT2D eigenvalue weighted by atomic mass is 9.99. The molecule has 0 aliphatic rings. The van der Waals surface area contributed by atoms with Crippen LogP contribution < -0.4 is 5.32 Å². The Morgan fingerprint density at radius 2 is 1.86 bits per heavy atom. The van der Waals surface area contributed by atoms with E-state index in [0.29, 0.717) is 17.9 Å². The predicted octanol–water partition coefficient (Wildman–Crippen LogP) is 4.75. The van der Waals surface area contributed by atoms with E-state index < -0.39 is 11.6 Å². The van der Waals surface area contributed by atoms with Gasteiger partial charge in [-0.1, -0.05) is 39.7 Å². The topological polar surface area (TPSA) is 12.0 Å². The van der Waals surface area contributed by atoms with Crippen LogP contribution >= 0.6 is 27.5 Å². The van der Waals surface area contributed by atoms with Crippen LogP contribution in [-0.4, -0.2) is 13.1 Å². The third kappa shape index (κ3) is 4.50. The molecule has 112 valence electrons. The van der Waals surface area contributed by atoms with Gasteiger partial charge in [-0.15, -0.1) is 0 Å². The lowest BCUT2D eigenvalue weighted by molar-refractivity contribution is 0.503. The number of hydrogen-bond acceptors (Lipinski definition) is 1. The molecule has 0 bridgehead atoms. The Hall–Kier alpha value is -0.970. The molecule has 2 aromatic rings. The molecule has 0 spiro atoms. The summed E-state index contributed by atoms with van der Waals surface area (Å²) < 4.78 is 27.1. The van der Waals surface area contributed by atoms with Crippen LogP contribution in [-0.2, 0) is 12.8 Å². The van der Waals surface area contributed by atoms with Crippen LogP contribution in [0.3, 0.4) is 0 Å². The Balaban J connectivity index is 2.10. The third-order valence-electron chi connectivity index (χ3n) is 3.36. The van der Waals surface area contributed by atoms with Gasteiger partial charge in [0.15, 0.2) is 11.6 Å². The maximum Gasteiger partial charge on any atom is 0.159 e. The van der Waals surface area contributed by atoms with Crippen molar-refractivity contribution in [3.05, 3.63) is 68.7 Å². The largest absolute Gasteiger partial charge is 0.316 e. The first-order valence-electron chi connectivity index (χ1n) is 6.54. The molecule has 0 radical (unpaired) electrons. The zero-order chi connectivity index (χ0) is 15.4. The number of rotatable bonds is 5. The van der Waals surface area contributed by atoms with Crippen LogP contribution in [0, 0.1) is 11.6 Å². The van der Waals surface area contributed by atoms with Crippen LogP contribution in [0.25, 0.3) is 0 Å². The minimum absolute atomic E-state index is 0.0912.